The number of aliphatic hydroxyl groups is 7. The largest absolute Gasteiger partial charge is 0.453 e. The van der Waals surface area contributed by atoms with Gasteiger partial charge in [-0.15, -0.1) is 0 Å². The maximum absolute atomic E-state index is 11.9. The molecule has 0 saturated carbocycles. The first-order chi connectivity index (χ1) is 14.6. The van der Waals surface area contributed by atoms with Gasteiger partial charge in [0.25, 0.3) is 0 Å². The molecule has 2 aliphatic rings. The molecule has 31 heavy (non-hydrogen) atoms. The van der Waals surface area contributed by atoms with Crippen LogP contribution < -0.4 is 0 Å². The van der Waals surface area contributed by atoms with E-state index >= 15 is 0 Å². The zero-order valence-corrected chi connectivity index (χ0v) is 17.9. The molecule has 2 aliphatic heterocycles. The van der Waals surface area contributed by atoms with Crippen LogP contribution in [-0.2, 0) is 18.9 Å². The number of carbonyl (C=O) groups is 1. The Labute approximate surface area is 183 Å². The molecule has 12 nitrogen and oxygen atoms in total. The van der Waals surface area contributed by atoms with Gasteiger partial charge in [0.1, 0.15) is 60.9 Å². The molecule has 2 saturated heterocycles. The molecule has 0 aromatic heterocycles. The highest BCUT2D eigenvalue weighted by Gasteiger charge is 2.50. The Morgan fingerprint density at radius 1 is 0.903 bits per heavy atom. The van der Waals surface area contributed by atoms with Crippen molar-refractivity contribution in [1.29, 1.82) is 0 Å². The van der Waals surface area contributed by atoms with Gasteiger partial charge >= 0.3 is 5.30 Å². The van der Waals surface area contributed by atoms with Gasteiger partial charge in [0.15, 0.2) is 6.29 Å². The molecule has 2 rings (SSSR count). The highest BCUT2D eigenvalue weighted by atomic mass is 32.2. The van der Waals surface area contributed by atoms with Gasteiger partial charge in [0.2, 0.25) is 0 Å². The Balaban J connectivity index is 2.03. The maximum Gasteiger partial charge on any atom is 0.370 e. The molecule has 0 amide bonds. The van der Waals surface area contributed by atoms with Crippen LogP contribution in [0.4, 0.5) is 4.79 Å². The van der Waals surface area contributed by atoms with E-state index in [0.717, 1.165) is 5.57 Å². The molecule has 180 valence electrons. The second-order valence-electron chi connectivity index (χ2n) is 7.46. The number of aliphatic hydroxyl groups excluding tert-OH is 7. The minimum absolute atomic E-state index is 0.0197. The third-order valence-electron chi connectivity index (χ3n) is 4.87. The van der Waals surface area contributed by atoms with E-state index in [4.69, 9.17) is 18.9 Å². The monoisotopic (exact) mass is 470 g/mol. The number of rotatable bonds is 7. The highest BCUT2D eigenvalue weighted by molar-refractivity contribution is 8.13. The molecular formula is C18H30O12S. The molecule has 0 spiro atoms. The van der Waals surface area contributed by atoms with Crippen molar-refractivity contribution in [2.75, 3.05) is 19.8 Å². The first kappa shape index (κ1) is 26.4. The Morgan fingerprint density at radius 3 is 2.13 bits per heavy atom. The summed E-state index contributed by atoms with van der Waals surface area (Å²) in [5.41, 5.74) is -0.336. The number of allylic oxidation sites excluding steroid dienone is 1. The summed E-state index contributed by atoms with van der Waals surface area (Å²) >= 11 is 0.480. The molecule has 0 aromatic carbocycles. The third kappa shape index (κ3) is 6.58. The predicted molar refractivity (Wildman–Crippen MR) is 105 cm³/mol. The first-order valence-electron chi connectivity index (χ1n) is 9.65. The Bertz CT molecular complexity index is 610. The quantitative estimate of drug-likeness (QED) is 0.152. The summed E-state index contributed by atoms with van der Waals surface area (Å²) in [4.78, 5) is 11.9. The summed E-state index contributed by atoms with van der Waals surface area (Å²) < 4.78 is 21.1. The van der Waals surface area contributed by atoms with Crippen molar-refractivity contribution >= 4 is 17.1 Å². The van der Waals surface area contributed by atoms with Gasteiger partial charge in [-0.05, 0) is 31.7 Å². The van der Waals surface area contributed by atoms with Crippen LogP contribution in [0.5, 0.6) is 0 Å². The van der Waals surface area contributed by atoms with Crippen molar-refractivity contribution in [3.63, 3.8) is 0 Å². The molecule has 13 heteroatoms. The van der Waals surface area contributed by atoms with Crippen LogP contribution in [-0.4, -0.2) is 121 Å². The molecule has 2 heterocycles. The first-order valence-corrected chi connectivity index (χ1v) is 10.5. The van der Waals surface area contributed by atoms with E-state index in [1.165, 1.54) is 0 Å². The minimum atomic E-state index is -1.75. The van der Waals surface area contributed by atoms with Crippen LogP contribution in [0.1, 0.15) is 13.8 Å². The summed E-state index contributed by atoms with van der Waals surface area (Å²) in [6.07, 6.45) is -12.3. The SMILES string of the molecule is CC(C)=CCOC(=O)SC1O[C@H](CO)[C@@H](OC2O[C@H](CO)[C@H](O)[C@H](O)[C@H]2O)[C@H](O)[C@H]1O. The van der Waals surface area contributed by atoms with Crippen LogP contribution in [0.3, 0.4) is 0 Å². The van der Waals surface area contributed by atoms with Crippen LogP contribution in [0, 0.1) is 0 Å². The second kappa shape index (κ2) is 11.9. The average Bonchev–Trinajstić information content (AvgIpc) is 2.73. The van der Waals surface area contributed by atoms with Crippen LogP contribution in [0.15, 0.2) is 11.6 Å². The van der Waals surface area contributed by atoms with Crippen molar-refractivity contribution in [2.45, 2.75) is 74.4 Å². The van der Waals surface area contributed by atoms with E-state index in [9.17, 15) is 40.5 Å². The summed E-state index contributed by atoms with van der Waals surface area (Å²) in [6.45, 7) is 2.30. The van der Waals surface area contributed by atoms with E-state index in [2.05, 4.69) is 0 Å². The zero-order valence-electron chi connectivity index (χ0n) is 17.1. The summed E-state index contributed by atoms with van der Waals surface area (Å²) in [6, 6.07) is 0. The Kier molecular flexibility index (Phi) is 10.1. The lowest BCUT2D eigenvalue weighted by atomic mass is 9.97. The lowest BCUT2D eigenvalue weighted by Gasteiger charge is -2.45. The normalized spacial score (nSPS) is 40.9. The molecule has 2 fully saturated rings. The van der Waals surface area contributed by atoms with Gasteiger partial charge in [-0.25, -0.2) is 4.79 Å². The van der Waals surface area contributed by atoms with Crippen molar-refractivity contribution in [2.24, 2.45) is 0 Å². The summed E-state index contributed by atoms with van der Waals surface area (Å²) in [7, 11) is 0. The van der Waals surface area contributed by atoms with E-state index < -0.39 is 79.1 Å². The molecule has 0 bridgehead atoms. The molecule has 7 N–H and O–H groups in total. The molecular weight excluding hydrogens is 440 g/mol. The van der Waals surface area contributed by atoms with Crippen molar-refractivity contribution < 1.29 is 59.5 Å². The fourth-order valence-electron chi connectivity index (χ4n) is 3.06. The van der Waals surface area contributed by atoms with Crippen LogP contribution >= 0.6 is 11.8 Å². The average molecular weight is 470 g/mol. The standard InChI is InChI=1S/C18H30O12S/c1-7(2)3-4-27-18(26)31-17-14(25)12(23)15(9(6-20)29-17)30-16-13(24)11(22)10(21)8(5-19)28-16/h3,8-17,19-25H,4-6H2,1-2H3/t8-,9-,10+,11+,12-,13-,14-,15-,16?,17?/m1/s1. The zero-order chi connectivity index (χ0) is 23.3. The number of hydrogen-bond acceptors (Lipinski definition) is 13. The molecule has 10 atom stereocenters. The number of carbonyl (C=O) groups excluding carboxylic acids is 1. The lowest BCUT2D eigenvalue weighted by Crippen LogP contribution is -2.64. The van der Waals surface area contributed by atoms with Gasteiger partial charge in [-0.3, -0.25) is 0 Å². The van der Waals surface area contributed by atoms with E-state index in [1.54, 1.807) is 6.08 Å². The third-order valence-corrected chi connectivity index (χ3v) is 5.80. The Hall–Kier alpha value is -0.840. The highest BCUT2D eigenvalue weighted by Crippen LogP contribution is 2.33. The molecule has 0 aliphatic carbocycles. The van der Waals surface area contributed by atoms with Crippen molar-refractivity contribution in [3.8, 4) is 0 Å². The van der Waals surface area contributed by atoms with Crippen molar-refractivity contribution in [1.82, 2.24) is 0 Å². The number of hydrogen-bond donors (Lipinski definition) is 7. The second-order valence-corrected chi connectivity index (χ2v) is 8.50. The van der Waals surface area contributed by atoms with Crippen molar-refractivity contribution in [3.05, 3.63) is 11.6 Å². The number of thioether (sulfide) groups is 1. The maximum atomic E-state index is 11.9. The lowest BCUT2D eigenvalue weighted by molar-refractivity contribution is -0.338. The van der Waals surface area contributed by atoms with Gasteiger partial charge in [-0.1, -0.05) is 5.57 Å². The summed E-state index contributed by atoms with van der Waals surface area (Å²) in [5, 5.41) is 68.8. The van der Waals surface area contributed by atoms with E-state index in [1.807, 2.05) is 13.8 Å². The smallest absolute Gasteiger partial charge is 0.370 e. The Morgan fingerprint density at radius 2 is 1.55 bits per heavy atom. The predicted octanol–water partition coefficient (Wildman–Crippen LogP) is -2.55. The fraction of sp³-hybridized carbons (Fsp3) is 0.833. The fourth-order valence-corrected chi connectivity index (χ4v) is 3.88. The molecule has 2 unspecified atom stereocenters. The molecule has 0 aromatic rings. The van der Waals surface area contributed by atoms with E-state index in [-0.39, 0.29) is 6.61 Å². The molecule has 0 radical (unpaired) electrons. The summed E-state index contributed by atoms with van der Waals surface area (Å²) in [5.74, 6) is 0. The van der Waals surface area contributed by atoms with Gasteiger partial charge < -0.3 is 54.7 Å². The minimum Gasteiger partial charge on any atom is -0.453 e. The van der Waals surface area contributed by atoms with Gasteiger partial charge in [0.05, 0.1) is 13.2 Å². The topological polar surface area (TPSA) is 196 Å². The van der Waals surface area contributed by atoms with Crippen LogP contribution in [0.2, 0.25) is 0 Å². The van der Waals surface area contributed by atoms with Gasteiger partial charge in [-0.2, -0.15) is 0 Å². The van der Waals surface area contributed by atoms with Crippen LogP contribution in [0.25, 0.3) is 0 Å². The van der Waals surface area contributed by atoms with Gasteiger partial charge in [0, 0.05) is 0 Å². The number of ether oxygens (including phenoxy) is 4. The van der Waals surface area contributed by atoms with E-state index in [0.29, 0.717) is 11.8 Å².